The Balaban J connectivity index is 1.85. The molecule has 0 fully saturated rings. The van der Waals surface area contributed by atoms with Crippen molar-refractivity contribution >= 4 is 28.5 Å². The monoisotopic (exact) mass is 357 g/mol. The van der Waals surface area contributed by atoms with E-state index in [0.29, 0.717) is 19.5 Å². The van der Waals surface area contributed by atoms with E-state index < -0.39 is 0 Å². The molecule has 25 heavy (non-hydrogen) atoms. The minimum absolute atomic E-state index is 0.0655. The van der Waals surface area contributed by atoms with Crippen molar-refractivity contribution in [3.8, 4) is 0 Å². The Labute approximate surface area is 151 Å². The third-order valence-corrected chi connectivity index (χ3v) is 4.33. The van der Waals surface area contributed by atoms with Crippen LogP contribution in [0.15, 0.2) is 48.5 Å². The first kappa shape index (κ1) is 17.5. The molecule has 1 amide bonds. The first-order valence-electron chi connectivity index (χ1n) is 8.12. The van der Waals surface area contributed by atoms with Crippen LogP contribution in [0.5, 0.6) is 0 Å². The summed E-state index contributed by atoms with van der Waals surface area (Å²) >= 11 is 6.32. The highest BCUT2D eigenvalue weighted by Gasteiger charge is 2.12. The smallest absolute Gasteiger partial charge is 0.245 e. The maximum Gasteiger partial charge on any atom is 0.245 e. The maximum atomic E-state index is 11.5. The summed E-state index contributed by atoms with van der Waals surface area (Å²) in [6.45, 7) is 1.21. The van der Waals surface area contributed by atoms with Crippen LogP contribution in [0.1, 0.15) is 11.4 Å². The molecule has 0 atom stereocenters. The molecule has 3 rings (SSSR count). The van der Waals surface area contributed by atoms with E-state index in [1.165, 1.54) is 7.11 Å². The molecule has 0 radical (unpaired) electrons. The van der Waals surface area contributed by atoms with E-state index in [4.69, 9.17) is 21.3 Å². The second-order valence-electron chi connectivity index (χ2n) is 5.73. The molecule has 2 aromatic carbocycles. The predicted molar refractivity (Wildman–Crippen MR) is 98.9 cm³/mol. The summed E-state index contributed by atoms with van der Waals surface area (Å²) < 4.78 is 6.97. The number of halogens is 1. The highest BCUT2D eigenvalue weighted by atomic mass is 35.5. The van der Waals surface area contributed by atoms with E-state index in [1.54, 1.807) is 0 Å². The molecule has 130 valence electrons. The third-order valence-electron chi connectivity index (χ3n) is 3.97. The summed E-state index contributed by atoms with van der Waals surface area (Å²) in [6.07, 6.45) is 0.634. The Hall–Kier alpha value is -2.37. The fraction of sp³-hybridized carbons (Fsp3) is 0.263. The van der Waals surface area contributed by atoms with Crippen molar-refractivity contribution in [2.24, 2.45) is 0 Å². The molecule has 0 bridgehead atoms. The summed E-state index contributed by atoms with van der Waals surface area (Å²) in [5.41, 5.74) is 3.03. The molecule has 0 aliphatic carbocycles. The van der Waals surface area contributed by atoms with Crippen LogP contribution < -0.4 is 5.32 Å². The normalized spacial score (nSPS) is 11.0. The Morgan fingerprint density at radius 2 is 1.96 bits per heavy atom. The number of fused-ring (bicyclic) bond motifs is 1. The second kappa shape index (κ2) is 8.14. The van der Waals surface area contributed by atoms with Gasteiger partial charge in [0.05, 0.1) is 17.6 Å². The number of imidazole rings is 1. The molecule has 0 saturated carbocycles. The van der Waals surface area contributed by atoms with E-state index in [-0.39, 0.29) is 12.5 Å². The van der Waals surface area contributed by atoms with Gasteiger partial charge in [-0.25, -0.2) is 4.98 Å². The molecule has 3 aromatic rings. The summed E-state index contributed by atoms with van der Waals surface area (Å²) in [4.78, 5) is 16.3. The fourth-order valence-corrected chi connectivity index (χ4v) is 2.98. The number of hydrogen-bond donors (Lipinski definition) is 1. The molecule has 6 heteroatoms. The zero-order valence-corrected chi connectivity index (χ0v) is 14.8. The number of amides is 1. The van der Waals surface area contributed by atoms with Gasteiger partial charge in [0.15, 0.2) is 0 Å². The van der Waals surface area contributed by atoms with Crippen molar-refractivity contribution < 1.29 is 9.53 Å². The largest absolute Gasteiger partial charge is 0.375 e. The second-order valence-corrected chi connectivity index (χ2v) is 6.13. The number of carbonyl (C=O) groups excluding carboxylic acids is 1. The van der Waals surface area contributed by atoms with Crippen molar-refractivity contribution in [1.29, 1.82) is 0 Å². The van der Waals surface area contributed by atoms with E-state index in [1.807, 2.05) is 48.5 Å². The summed E-state index contributed by atoms with van der Waals surface area (Å²) in [5, 5.41) is 3.57. The molecule has 1 N–H and O–H groups in total. The molecule has 1 aromatic heterocycles. The van der Waals surface area contributed by atoms with Gasteiger partial charge < -0.3 is 14.6 Å². The molecule has 1 heterocycles. The highest BCUT2D eigenvalue weighted by Crippen LogP contribution is 2.22. The lowest BCUT2D eigenvalue weighted by atomic mass is 10.2. The third kappa shape index (κ3) is 4.18. The number of aromatic nitrogens is 2. The van der Waals surface area contributed by atoms with E-state index >= 15 is 0 Å². The molecule has 0 unspecified atom stereocenters. The number of nitrogens with one attached hydrogen (secondary N) is 1. The lowest BCUT2D eigenvalue weighted by molar-refractivity contribution is -0.124. The lowest BCUT2D eigenvalue weighted by Crippen LogP contribution is -2.29. The number of ether oxygens (including phenoxy) is 1. The number of para-hydroxylation sites is 2. The van der Waals surface area contributed by atoms with Crippen LogP contribution in [0.3, 0.4) is 0 Å². The first-order valence-corrected chi connectivity index (χ1v) is 8.50. The zero-order valence-electron chi connectivity index (χ0n) is 14.0. The van der Waals surface area contributed by atoms with Crippen molar-refractivity contribution in [2.75, 3.05) is 20.3 Å². The van der Waals surface area contributed by atoms with Crippen LogP contribution in [-0.2, 0) is 22.5 Å². The number of carbonyl (C=O) groups is 1. The number of hydrogen-bond acceptors (Lipinski definition) is 3. The van der Waals surface area contributed by atoms with Crippen molar-refractivity contribution in [3.63, 3.8) is 0 Å². The van der Waals surface area contributed by atoms with Gasteiger partial charge in [0.2, 0.25) is 5.91 Å². The van der Waals surface area contributed by atoms with Crippen LogP contribution in [0.2, 0.25) is 5.02 Å². The quantitative estimate of drug-likeness (QED) is 0.707. The van der Waals surface area contributed by atoms with Gasteiger partial charge in [-0.1, -0.05) is 41.9 Å². The Kier molecular flexibility index (Phi) is 5.68. The van der Waals surface area contributed by atoms with Crippen LogP contribution in [-0.4, -0.2) is 35.7 Å². The number of methoxy groups -OCH3 is 1. The van der Waals surface area contributed by atoms with Crippen LogP contribution in [0.25, 0.3) is 11.0 Å². The molecular weight excluding hydrogens is 338 g/mol. The van der Waals surface area contributed by atoms with Crippen LogP contribution >= 0.6 is 11.6 Å². The van der Waals surface area contributed by atoms with Crippen molar-refractivity contribution in [1.82, 2.24) is 14.9 Å². The molecule has 0 saturated heterocycles. The van der Waals surface area contributed by atoms with Crippen LogP contribution in [0.4, 0.5) is 0 Å². The summed E-state index contributed by atoms with van der Waals surface area (Å²) in [7, 11) is 1.50. The summed E-state index contributed by atoms with van der Waals surface area (Å²) in [6, 6.07) is 15.8. The van der Waals surface area contributed by atoms with Gasteiger partial charge in [-0.2, -0.15) is 0 Å². The summed E-state index contributed by atoms with van der Waals surface area (Å²) in [5.74, 6) is 0.787. The number of rotatable bonds is 7. The SMILES string of the molecule is COCC(=O)NCCc1nc2ccccc2n1Cc1ccccc1Cl. The minimum Gasteiger partial charge on any atom is -0.375 e. The lowest BCUT2D eigenvalue weighted by Gasteiger charge is -2.11. The molecule has 5 nitrogen and oxygen atoms in total. The minimum atomic E-state index is -0.128. The van der Waals surface area contributed by atoms with E-state index in [9.17, 15) is 4.79 Å². The van der Waals surface area contributed by atoms with Gasteiger partial charge in [-0.3, -0.25) is 4.79 Å². The average molecular weight is 358 g/mol. The fourth-order valence-electron chi connectivity index (χ4n) is 2.79. The highest BCUT2D eigenvalue weighted by molar-refractivity contribution is 6.31. The van der Waals surface area contributed by atoms with Gasteiger partial charge in [0, 0.05) is 25.1 Å². The van der Waals surface area contributed by atoms with Gasteiger partial charge >= 0.3 is 0 Å². The topological polar surface area (TPSA) is 56.1 Å². The number of nitrogens with zero attached hydrogens (tertiary/aromatic N) is 2. The Morgan fingerprint density at radius 3 is 2.76 bits per heavy atom. The standard InChI is InChI=1S/C19H20ClN3O2/c1-25-13-19(24)21-11-10-18-22-16-8-4-5-9-17(16)23(18)12-14-6-2-3-7-15(14)20/h2-9H,10-13H2,1H3,(H,21,24). The molecule has 0 aliphatic rings. The first-order chi connectivity index (χ1) is 12.2. The van der Waals surface area contributed by atoms with E-state index in [0.717, 1.165) is 27.4 Å². The van der Waals surface area contributed by atoms with Crippen molar-refractivity contribution in [3.05, 3.63) is 64.9 Å². The van der Waals surface area contributed by atoms with Crippen molar-refractivity contribution in [2.45, 2.75) is 13.0 Å². The molecule has 0 aliphatic heterocycles. The van der Waals surface area contributed by atoms with Gasteiger partial charge in [0.1, 0.15) is 12.4 Å². The van der Waals surface area contributed by atoms with Gasteiger partial charge in [-0.05, 0) is 23.8 Å². The molecule has 0 spiro atoms. The van der Waals surface area contributed by atoms with Crippen LogP contribution in [0, 0.1) is 0 Å². The van der Waals surface area contributed by atoms with E-state index in [2.05, 4.69) is 9.88 Å². The van der Waals surface area contributed by atoms with Gasteiger partial charge in [0.25, 0.3) is 0 Å². The Bertz CT molecular complexity index is 876. The zero-order chi connectivity index (χ0) is 17.6. The Morgan fingerprint density at radius 1 is 1.20 bits per heavy atom. The average Bonchev–Trinajstić information content (AvgIpc) is 2.95. The maximum absolute atomic E-state index is 11.5. The van der Waals surface area contributed by atoms with Gasteiger partial charge in [-0.15, -0.1) is 0 Å². The predicted octanol–water partition coefficient (Wildman–Crippen LogP) is 3.04. The number of benzene rings is 2. The molecular formula is C19H20ClN3O2.